The van der Waals surface area contributed by atoms with Crippen LogP contribution in [0, 0.1) is 13.8 Å². The summed E-state index contributed by atoms with van der Waals surface area (Å²) in [5.41, 5.74) is 3.56. The summed E-state index contributed by atoms with van der Waals surface area (Å²) in [7, 11) is 0. The lowest BCUT2D eigenvalue weighted by molar-refractivity contribution is 0.0970. The number of carbonyl (C=O) groups excluding carboxylic acids is 1. The normalized spacial score (nSPS) is 15.8. The van der Waals surface area contributed by atoms with Crippen LogP contribution in [0.2, 0.25) is 0 Å². The highest BCUT2D eigenvalue weighted by Crippen LogP contribution is 2.42. The van der Waals surface area contributed by atoms with Gasteiger partial charge in [-0.05, 0) is 43.0 Å². The van der Waals surface area contributed by atoms with Crippen LogP contribution in [0.15, 0.2) is 51.7 Å². The second-order valence-electron chi connectivity index (χ2n) is 8.18. The summed E-state index contributed by atoms with van der Waals surface area (Å²) >= 11 is 1.32. The molecule has 0 spiro atoms. The quantitative estimate of drug-likeness (QED) is 0.449. The standard InChI is InChI=1S/C24H21N3O3S/c1-12(2)15-6-8-16(9-7-15)20-19-21(28)17-11-13(3)5-10-18(17)30-22(19)23(29)27(20)24-26-25-14(4)31-24/h5-12,20H,1-4H3/t20-/m0/s1. The van der Waals surface area contributed by atoms with Crippen LogP contribution >= 0.6 is 11.3 Å². The van der Waals surface area contributed by atoms with E-state index >= 15 is 0 Å². The van der Waals surface area contributed by atoms with E-state index in [1.807, 2.05) is 50.2 Å². The maximum absolute atomic E-state index is 13.6. The summed E-state index contributed by atoms with van der Waals surface area (Å²) < 4.78 is 5.99. The molecule has 156 valence electrons. The molecule has 0 radical (unpaired) electrons. The number of hydrogen-bond donors (Lipinski definition) is 0. The van der Waals surface area contributed by atoms with Gasteiger partial charge in [-0.3, -0.25) is 14.5 Å². The molecule has 3 heterocycles. The number of aryl methyl sites for hydroxylation is 2. The van der Waals surface area contributed by atoms with E-state index in [9.17, 15) is 9.59 Å². The Morgan fingerprint density at radius 1 is 1.03 bits per heavy atom. The van der Waals surface area contributed by atoms with Gasteiger partial charge >= 0.3 is 0 Å². The van der Waals surface area contributed by atoms with Gasteiger partial charge in [0.25, 0.3) is 5.91 Å². The first-order valence-electron chi connectivity index (χ1n) is 10.2. The summed E-state index contributed by atoms with van der Waals surface area (Å²) in [5, 5.41) is 9.95. The van der Waals surface area contributed by atoms with Crippen molar-refractivity contribution >= 4 is 33.3 Å². The van der Waals surface area contributed by atoms with Crippen LogP contribution in [0.3, 0.4) is 0 Å². The van der Waals surface area contributed by atoms with Crippen LogP contribution in [0.25, 0.3) is 11.0 Å². The average molecular weight is 432 g/mol. The molecule has 1 amide bonds. The number of rotatable bonds is 3. The number of aromatic nitrogens is 2. The molecular formula is C24H21N3O3S. The summed E-state index contributed by atoms with van der Waals surface area (Å²) in [5.74, 6) is 0.0845. The van der Waals surface area contributed by atoms with Crippen LogP contribution in [-0.2, 0) is 0 Å². The van der Waals surface area contributed by atoms with E-state index in [-0.39, 0.29) is 17.1 Å². The number of nitrogens with zero attached hydrogens (tertiary/aromatic N) is 3. The molecule has 1 atom stereocenters. The van der Waals surface area contributed by atoms with Gasteiger partial charge in [-0.1, -0.05) is 61.1 Å². The van der Waals surface area contributed by atoms with Gasteiger partial charge in [0, 0.05) is 0 Å². The Bertz CT molecular complexity index is 1390. The number of hydrogen-bond acceptors (Lipinski definition) is 6. The molecule has 1 aliphatic rings. The first-order chi connectivity index (χ1) is 14.8. The van der Waals surface area contributed by atoms with Gasteiger partial charge in [0.2, 0.25) is 10.9 Å². The Labute approximate surface area is 183 Å². The van der Waals surface area contributed by atoms with Crippen LogP contribution < -0.4 is 10.3 Å². The number of fused-ring (bicyclic) bond motifs is 2. The van der Waals surface area contributed by atoms with Crippen molar-refractivity contribution in [3.05, 3.63) is 85.7 Å². The van der Waals surface area contributed by atoms with Gasteiger partial charge in [-0.15, -0.1) is 10.2 Å². The summed E-state index contributed by atoms with van der Waals surface area (Å²) in [6.07, 6.45) is 0. The fourth-order valence-corrected chi connectivity index (χ4v) is 4.76. The van der Waals surface area contributed by atoms with Gasteiger partial charge < -0.3 is 4.42 Å². The van der Waals surface area contributed by atoms with E-state index < -0.39 is 6.04 Å². The van der Waals surface area contributed by atoms with Gasteiger partial charge in [0.1, 0.15) is 10.6 Å². The number of amides is 1. The fraction of sp³-hybridized carbons (Fsp3) is 0.250. The SMILES string of the molecule is Cc1ccc2oc3c(c(=O)c2c1)[C@H](c1ccc(C(C)C)cc1)N(c1nnc(C)s1)C3=O. The van der Waals surface area contributed by atoms with Crippen molar-refractivity contribution in [1.82, 2.24) is 10.2 Å². The Morgan fingerprint density at radius 3 is 2.42 bits per heavy atom. The van der Waals surface area contributed by atoms with Crippen LogP contribution in [-0.4, -0.2) is 16.1 Å². The van der Waals surface area contributed by atoms with Gasteiger partial charge in [0.05, 0.1) is 17.0 Å². The van der Waals surface area contributed by atoms with Gasteiger partial charge in [-0.25, -0.2) is 0 Å². The average Bonchev–Trinajstić information content (AvgIpc) is 3.30. The third kappa shape index (κ3) is 3.08. The molecule has 1 aliphatic heterocycles. The zero-order valence-corrected chi connectivity index (χ0v) is 18.5. The van der Waals surface area contributed by atoms with E-state index in [1.54, 1.807) is 6.07 Å². The third-order valence-corrected chi connectivity index (χ3v) is 6.50. The second kappa shape index (κ2) is 7.13. The Kier molecular flexibility index (Phi) is 4.51. The third-order valence-electron chi connectivity index (χ3n) is 5.67. The van der Waals surface area contributed by atoms with Crippen molar-refractivity contribution in [3.63, 3.8) is 0 Å². The molecule has 0 bridgehead atoms. The van der Waals surface area contributed by atoms with Gasteiger partial charge in [0.15, 0.2) is 5.43 Å². The number of benzene rings is 2. The van der Waals surface area contributed by atoms with E-state index in [0.717, 1.165) is 16.1 Å². The van der Waals surface area contributed by atoms with Crippen LogP contribution in [0.5, 0.6) is 0 Å². The van der Waals surface area contributed by atoms with Crippen molar-refractivity contribution in [2.75, 3.05) is 4.90 Å². The smallest absolute Gasteiger partial charge is 0.297 e. The lowest BCUT2D eigenvalue weighted by Crippen LogP contribution is -2.29. The Balaban J connectivity index is 1.78. The number of anilines is 1. The minimum Gasteiger partial charge on any atom is -0.450 e. The zero-order chi connectivity index (χ0) is 21.9. The summed E-state index contributed by atoms with van der Waals surface area (Å²) in [6.45, 7) is 8.02. The molecule has 31 heavy (non-hydrogen) atoms. The van der Waals surface area contributed by atoms with Crippen molar-refractivity contribution < 1.29 is 9.21 Å². The zero-order valence-electron chi connectivity index (χ0n) is 17.7. The van der Waals surface area contributed by atoms with Crippen molar-refractivity contribution in [2.24, 2.45) is 0 Å². The maximum Gasteiger partial charge on any atom is 0.297 e. The van der Waals surface area contributed by atoms with Gasteiger partial charge in [-0.2, -0.15) is 0 Å². The van der Waals surface area contributed by atoms with Crippen LogP contribution in [0.1, 0.15) is 63.6 Å². The monoisotopic (exact) mass is 431 g/mol. The molecular weight excluding hydrogens is 410 g/mol. The molecule has 0 fully saturated rings. The molecule has 0 unspecified atom stereocenters. The number of carbonyl (C=O) groups is 1. The molecule has 0 saturated heterocycles. The molecule has 5 rings (SSSR count). The highest BCUT2D eigenvalue weighted by Gasteiger charge is 2.45. The van der Waals surface area contributed by atoms with Crippen molar-refractivity contribution in [3.8, 4) is 0 Å². The molecule has 0 aliphatic carbocycles. The first kappa shape index (κ1) is 19.6. The molecule has 4 aromatic rings. The lowest BCUT2D eigenvalue weighted by Gasteiger charge is -2.22. The predicted molar refractivity (Wildman–Crippen MR) is 121 cm³/mol. The molecule has 0 N–H and O–H groups in total. The molecule has 0 saturated carbocycles. The summed E-state index contributed by atoms with van der Waals surface area (Å²) in [4.78, 5) is 28.6. The highest BCUT2D eigenvalue weighted by molar-refractivity contribution is 7.15. The molecule has 6 nitrogen and oxygen atoms in total. The first-order valence-corrected chi connectivity index (χ1v) is 11.0. The molecule has 2 aromatic heterocycles. The Hall–Kier alpha value is -3.32. The minimum atomic E-state index is -0.614. The van der Waals surface area contributed by atoms with E-state index in [1.165, 1.54) is 21.8 Å². The predicted octanol–water partition coefficient (Wildman–Crippen LogP) is 5.13. The van der Waals surface area contributed by atoms with E-state index in [2.05, 4.69) is 24.0 Å². The lowest BCUT2D eigenvalue weighted by atomic mass is 9.95. The highest BCUT2D eigenvalue weighted by atomic mass is 32.1. The molecule has 7 heteroatoms. The fourth-order valence-electron chi connectivity index (χ4n) is 4.05. The van der Waals surface area contributed by atoms with Crippen molar-refractivity contribution in [2.45, 2.75) is 39.7 Å². The largest absolute Gasteiger partial charge is 0.450 e. The minimum absolute atomic E-state index is 0.0761. The second-order valence-corrected chi connectivity index (χ2v) is 9.34. The maximum atomic E-state index is 13.6. The van der Waals surface area contributed by atoms with E-state index in [4.69, 9.17) is 4.42 Å². The molecule has 2 aromatic carbocycles. The topological polar surface area (TPSA) is 76.3 Å². The van der Waals surface area contributed by atoms with Crippen LogP contribution in [0.4, 0.5) is 5.13 Å². The van der Waals surface area contributed by atoms with Crippen molar-refractivity contribution in [1.29, 1.82) is 0 Å². The Morgan fingerprint density at radius 2 is 1.77 bits per heavy atom. The van der Waals surface area contributed by atoms with E-state index in [0.29, 0.717) is 27.6 Å². The summed E-state index contributed by atoms with van der Waals surface area (Å²) in [6, 6.07) is 12.8.